The first-order valence-electron chi connectivity index (χ1n) is 5.17. The number of carbonyl (C=O) groups excluding carboxylic acids is 1. The van der Waals surface area contributed by atoms with E-state index < -0.39 is 6.10 Å². The molecule has 1 fully saturated rings. The lowest BCUT2D eigenvalue weighted by Gasteiger charge is -2.32. The van der Waals surface area contributed by atoms with Gasteiger partial charge < -0.3 is 14.6 Å². The number of aliphatic hydroxyl groups excluding tert-OH is 1. The molecule has 0 aromatic heterocycles. The van der Waals surface area contributed by atoms with Crippen molar-refractivity contribution in [3.8, 4) is 0 Å². The average molecular weight is 214 g/mol. The van der Waals surface area contributed by atoms with Gasteiger partial charge in [0.15, 0.2) is 0 Å². The predicted molar refractivity (Wildman–Crippen MR) is 55.3 cm³/mol. The first-order valence-corrected chi connectivity index (χ1v) is 5.17. The molecule has 1 aliphatic heterocycles. The van der Waals surface area contributed by atoms with Gasteiger partial charge in [0.2, 0.25) is 0 Å². The van der Waals surface area contributed by atoms with Gasteiger partial charge in [-0.25, -0.2) is 0 Å². The van der Waals surface area contributed by atoms with Crippen molar-refractivity contribution in [3.63, 3.8) is 0 Å². The Bertz CT molecular complexity index is 227. The van der Waals surface area contributed by atoms with Gasteiger partial charge in [-0.15, -0.1) is 6.58 Å². The molecule has 15 heavy (non-hydrogen) atoms. The summed E-state index contributed by atoms with van der Waals surface area (Å²) in [6.07, 6.45) is 3.14. The Labute approximate surface area is 89.9 Å². The molecule has 4 heteroatoms. The van der Waals surface area contributed by atoms with Gasteiger partial charge in [-0.3, -0.25) is 4.79 Å². The van der Waals surface area contributed by atoms with E-state index in [1.807, 2.05) is 0 Å². The summed E-state index contributed by atoms with van der Waals surface area (Å²) in [5.41, 5.74) is 0. The molecule has 0 unspecified atom stereocenters. The van der Waals surface area contributed by atoms with Crippen molar-refractivity contribution < 1.29 is 19.4 Å². The summed E-state index contributed by atoms with van der Waals surface area (Å²) in [5.74, 6) is -0.300. The highest BCUT2D eigenvalue weighted by atomic mass is 16.5. The molecule has 0 aliphatic carbocycles. The summed E-state index contributed by atoms with van der Waals surface area (Å²) in [4.78, 5) is 11.0. The molecule has 1 rings (SSSR count). The Morgan fingerprint density at radius 1 is 1.60 bits per heavy atom. The van der Waals surface area contributed by atoms with Crippen molar-refractivity contribution in [1.82, 2.24) is 0 Å². The second-order valence-electron chi connectivity index (χ2n) is 3.81. The van der Waals surface area contributed by atoms with Gasteiger partial charge in [-0.1, -0.05) is 6.08 Å². The van der Waals surface area contributed by atoms with Crippen LogP contribution >= 0.6 is 0 Å². The van der Waals surface area contributed by atoms with Crippen molar-refractivity contribution in [2.45, 2.75) is 44.0 Å². The van der Waals surface area contributed by atoms with Crippen LogP contribution in [0.5, 0.6) is 0 Å². The summed E-state index contributed by atoms with van der Waals surface area (Å²) in [7, 11) is 1.35. The normalized spacial score (nSPS) is 30.9. The molecule has 0 spiro atoms. The number of aliphatic hydroxyl groups is 1. The number of esters is 1. The molecule has 1 saturated heterocycles. The fraction of sp³-hybridized carbons (Fsp3) is 0.727. The fourth-order valence-electron chi connectivity index (χ4n) is 1.82. The molecule has 0 radical (unpaired) electrons. The van der Waals surface area contributed by atoms with E-state index in [2.05, 4.69) is 11.3 Å². The van der Waals surface area contributed by atoms with Crippen molar-refractivity contribution >= 4 is 5.97 Å². The highest BCUT2D eigenvalue weighted by Gasteiger charge is 2.29. The summed E-state index contributed by atoms with van der Waals surface area (Å²) in [5, 5.41) is 9.60. The summed E-state index contributed by atoms with van der Waals surface area (Å²) >= 11 is 0. The smallest absolute Gasteiger partial charge is 0.308 e. The second kappa shape index (κ2) is 5.88. The molecule has 0 aromatic carbocycles. The minimum Gasteiger partial charge on any atom is -0.469 e. The van der Waals surface area contributed by atoms with E-state index in [0.717, 1.165) is 0 Å². The maximum atomic E-state index is 11.0. The third kappa shape index (κ3) is 4.01. The van der Waals surface area contributed by atoms with Crippen LogP contribution in [-0.4, -0.2) is 36.5 Å². The average Bonchev–Trinajstić information content (AvgIpc) is 2.17. The lowest BCUT2D eigenvalue weighted by molar-refractivity contribution is -0.150. The molecule has 4 nitrogen and oxygen atoms in total. The summed E-state index contributed by atoms with van der Waals surface area (Å²) in [6.45, 7) is 3.63. The SMILES string of the molecule is C=CC[C@@H]1C[C@H](O)C[C@@H](CC(=O)OC)O1. The first-order chi connectivity index (χ1) is 7.15. The van der Waals surface area contributed by atoms with Crippen molar-refractivity contribution in [2.24, 2.45) is 0 Å². The zero-order chi connectivity index (χ0) is 11.3. The van der Waals surface area contributed by atoms with E-state index in [1.54, 1.807) is 6.08 Å². The Kier molecular flexibility index (Phi) is 4.78. The number of carbonyl (C=O) groups is 1. The van der Waals surface area contributed by atoms with E-state index in [0.29, 0.717) is 19.3 Å². The largest absolute Gasteiger partial charge is 0.469 e. The van der Waals surface area contributed by atoms with Gasteiger partial charge in [0.1, 0.15) is 0 Å². The lowest BCUT2D eigenvalue weighted by atomic mass is 9.97. The zero-order valence-corrected chi connectivity index (χ0v) is 9.02. The lowest BCUT2D eigenvalue weighted by Crippen LogP contribution is -2.36. The van der Waals surface area contributed by atoms with Gasteiger partial charge in [0.05, 0.1) is 31.8 Å². The quantitative estimate of drug-likeness (QED) is 0.561. The molecular formula is C11H18O4. The molecule has 3 atom stereocenters. The molecule has 1 N–H and O–H groups in total. The highest BCUT2D eigenvalue weighted by Crippen LogP contribution is 2.24. The molecule has 86 valence electrons. The van der Waals surface area contributed by atoms with E-state index in [-0.39, 0.29) is 24.6 Å². The topological polar surface area (TPSA) is 55.8 Å². The second-order valence-corrected chi connectivity index (χ2v) is 3.81. The van der Waals surface area contributed by atoms with Crippen LogP contribution in [0.15, 0.2) is 12.7 Å². The highest BCUT2D eigenvalue weighted by molar-refractivity contribution is 5.69. The van der Waals surface area contributed by atoms with Crippen LogP contribution in [0.1, 0.15) is 25.7 Å². The Balaban J connectivity index is 2.43. The van der Waals surface area contributed by atoms with Crippen molar-refractivity contribution in [2.75, 3.05) is 7.11 Å². The van der Waals surface area contributed by atoms with Gasteiger partial charge in [0.25, 0.3) is 0 Å². The van der Waals surface area contributed by atoms with Gasteiger partial charge >= 0.3 is 5.97 Å². The van der Waals surface area contributed by atoms with E-state index in [4.69, 9.17) is 4.74 Å². The number of hydrogen-bond donors (Lipinski definition) is 1. The maximum Gasteiger partial charge on any atom is 0.308 e. The molecule has 0 bridgehead atoms. The molecule has 0 saturated carbocycles. The molecule has 0 aromatic rings. The fourth-order valence-corrected chi connectivity index (χ4v) is 1.82. The number of rotatable bonds is 4. The van der Waals surface area contributed by atoms with Crippen LogP contribution in [-0.2, 0) is 14.3 Å². The number of hydrogen-bond acceptors (Lipinski definition) is 4. The Morgan fingerprint density at radius 3 is 2.87 bits per heavy atom. The number of ether oxygens (including phenoxy) is 2. The van der Waals surface area contributed by atoms with Crippen LogP contribution in [0, 0.1) is 0 Å². The predicted octanol–water partition coefficient (Wildman–Crippen LogP) is 1.03. The van der Waals surface area contributed by atoms with Gasteiger partial charge in [-0.05, 0) is 12.8 Å². The summed E-state index contributed by atoms with van der Waals surface area (Å²) < 4.78 is 10.2. The third-order valence-electron chi connectivity index (χ3n) is 2.51. The minimum absolute atomic E-state index is 0.0269. The van der Waals surface area contributed by atoms with Crippen molar-refractivity contribution in [1.29, 1.82) is 0 Å². The molecule has 0 amide bonds. The zero-order valence-electron chi connectivity index (χ0n) is 9.02. The Morgan fingerprint density at radius 2 is 2.27 bits per heavy atom. The monoisotopic (exact) mass is 214 g/mol. The van der Waals surface area contributed by atoms with E-state index >= 15 is 0 Å². The summed E-state index contributed by atoms with van der Waals surface area (Å²) in [6, 6.07) is 0. The van der Waals surface area contributed by atoms with Gasteiger partial charge in [0, 0.05) is 6.42 Å². The Hall–Kier alpha value is -0.870. The van der Waals surface area contributed by atoms with Crippen LogP contribution in [0.3, 0.4) is 0 Å². The van der Waals surface area contributed by atoms with E-state index in [9.17, 15) is 9.90 Å². The maximum absolute atomic E-state index is 11.0. The third-order valence-corrected chi connectivity index (χ3v) is 2.51. The van der Waals surface area contributed by atoms with Crippen LogP contribution < -0.4 is 0 Å². The van der Waals surface area contributed by atoms with Gasteiger partial charge in [-0.2, -0.15) is 0 Å². The van der Waals surface area contributed by atoms with E-state index in [1.165, 1.54) is 7.11 Å². The number of methoxy groups -OCH3 is 1. The standard InChI is InChI=1S/C11H18O4/c1-3-4-9-5-8(12)6-10(15-9)7-11(13)14-2/h3,8-10,12H,1,4-7H2,2H3/t8-,9+,10-/m0/s1. The van der Waals surface area contributed by atoms with Crippen LogP contribution in [0.2, 0.25) is 0 Å². The van der Waals surface area contributed by atoms with Crippen molar-refractivity contribution in [3.05, 3.63) is 12.7 Å². The van der Waals surface area contributed by atoms with Crippen LogP contribution in [0.4, 0.5) is 0 Å². The molecule has 1 heterocycles. The molecular weight excluding hydrogens is 196 g/mol. The first kappa shape index (κ1) is 12.2. The molecule has 1 aliphatic rings. The van der Waals surface area contributed by atoms with Crippen LogP contribution in [0.25, 0.3) is 0 Å². The minimum atomic E-state index is -0.390.